The highest BCUT2D eigenvalue weighted by Crippen LogP contribution is 2.64. The van der Waals surface area contributed by atoms with Crippen LogP contribution in [0.4, 0.5) is 19.4 Å². The monoisotopic (exact) mass is 1110 g/mol. The van der Waals surface area contributed by atoms with Gasteiger partial charge in [-0.1, -0.05) is 44.0 Å². The summed E-state index contributed by atoms with van der Waals surface area (Å²) in [5.74, 6) is 5.12. The van der Waals surface area contributed by atoms with E-state index >= 15 is 8.78 Å². The normalized spacial score (nSPS) is 22.9. The van der Waals surface area contributed by atoms with Crippen molar-refractivity contribution in [1.82, 2.24) is 24.8 Å². The van der Waals surface area contributed by atoms with Gasteiger partial charge in [0.25, 0.3) is 0 Å². The van der Waals surface area contributed by atoms with Crippen LogP contribution >= 0.6 is 67.9 Å². The summed E-state index contributed by atoms with van der Waals surface area (Å²) in [6.45, 7) is 14.4. The molecule has 5 heterocycles. The summed E-state index contributed by atoms with van der Waals surface area (Å²) in [5.41, 5.74) is 0.913. The maximum atomic E-state index is 17.8. The Morgan fingerprint density at radius 1 is 1.07 bits per heavy atom. The summed E-state index contributed by atoms with van der Waals surface area (Å²) in [6, 6.07) is 8.46. The zero-order valence-corrected chi connectivity index (χ0v) is 42.8. The molecule has 1 saturated carbocycles. The number of pyridine rings is 1. The average Bonchev–Trinajstić information content (AvgIpc) is 4.01. The Labute approximate surface area is 391 Å². The second-order valence-electron chi connectivity index (χ2n) is 18.8. The highest BCUT2D eigenvalue weighted by molar-refractivity contribution is 14.3. The van der Waals surface area contributed by atoms with E-state index in [0.717, 1.165) is 37.9 Å². The summed E-state index contributed by atoms with van der Waals surface area (Å²) in [7, 11) is -0.553. The topological polar surface area (TPSA) is 83.9 Å². The van der Waals surface area contributed by atoms with Crippen molar-refractivity contribution in [3.05, 3.63) is 53.2 Å². The van der Waals surface area contributed by atoms with E-state index in [1.807, 2.05) is 37.8 Å². The number of aromatic nitrogens is 3. The SMILES string of the molecule is CC[C@@H]1CN2c3nc(OCC4(CN5CCCS(C)(C)CC5)CC4)nc4c(F)c(-c5cccc6ccc(F)c(C#CSP(I)I)c56)nc(c34)C[C@H](C)[C@H]2CN1C(=O)OC(C)(C)C. The van der Waals surface area contributed by atoms with E-state index in [1.165, 1.54) is 35.4 Å². The van der Waals surface area contributed by atoms with Gasteiger partial charge in [0.2, 0.25) is 0 Å². The first-order valence-corrected chi connectivity index (χ1v) is 32.3. The van der Waals surface area contributed by atoms with Crippen LogP contribution in [0.3, 0.4) is 0 Å². The molecule has 3 atom stereocenters. The molecule has 0 spiro atoms. The number of hydrogen-bond acceptors (Lipinski definition) is 9. The van der Waals surface area contributed by atoms with Gasteiger partial charge in [0.1, 0.15) is 28.4 Å². The molecule has 1 amide bonds. The van der Waals surface area contributed by atoms with Crippen LogP contribution in [0.15, 0.2) is 30.3 Å². The first kappa shape index (κ1) is 45.6. The molecule has 9 nitrogen and oxygen atoms in total. The molecule has 61 heavy (non-hydrogen) atoms. The molecule has 0 bridgehead atoms. The van der Waals surface area contributed by atoms with E-state index in [4.69, 9.17) is 24.4 Å². The predicted molar refractivity (Wildman–Crippen MR) is 268 cm³/mol. The Morgan fingerprint density at radius 2 is 1.85 bits per heavy atom. The minimum absolute atomic E-state index is 0.00525. The summed E-state index contributed by atoms with van der Waals surface area (Å²) >= 11 is 6.10. The van der Waals surface area contributed by atoms with Crippen LogP contribution in [-0.2, 0) is 11.2 Å². The number of fused-ring (bicyclic) bond motifs is 3. The molecular weight excluding hydrogens is 1060 g/mol. The van der Waals surface area contributed by atoms with E-state index in [1.54, 1.807) is 12.1 Å². The number of anilines is 1. The molecule has 16 heteroatoms. The van der Waals surface area contributed by atoms with Crippen molar-refractivity contribution in [2.45, 2.75) is 84.4 Å². The summed E-state index contributed by atoms with van der Waals surface area (Å²) < 4.78 is 45.6. The second-order valence-corrected chi connectivity index (χ2v) is 40.9. The van der Waals surface area contributed by atoms with Crippen LogP contribution in [0.1, 0.15) is 71.6 Å². The van der Waals surface area contributed by atoms with Crippen LogP contribution < -0.4 is 9.64 Å². The lowest BCUT2D eigenvalue weighted by molar-refractivity contribution is 0.00797. The summed E-state index contributed by atoms with van der Waals surface area (Å²) in [6.07, 6.45) is 9.10. The Morgan fingerprint density at radius 3 is 2.57 bits per heavy atom. The molecule has 0 unspecified atom stereocenters. The molecule has 1 aliphatic carbocycles. The average molecular weight is 1110 g/mol. The van der Waals surface area contributed by atoms with Crippen molar-refractivity contribution in [3.63, 3.8) is 0 Å². The zero-order chi connectivity index (χ0) is 43.4. The van der Waals surface area contributed by atoms with Gasteiger partial charge in [-0.05, 0) is 162 Å². The van der Waals surface area contributed by atoms with Crippen LogP contribution in [0.2, 0.25) is 0 Å². The van der Waals surface area contributed by atoms with Crippen molar-refractivity contribution in [2.24, 2.45) is 11.3 Å². The van der Waals surface area contributed by atoms with Crippen molar-refractivity contribution < 1.29 is 23.0 Å². The number of amides is 1. The first-order valence-electron chi connectivity index (χ1n) is 21.2. The van der Waals surface area contributed by atoms with Gasteiger partial charge in [0.15, 0.2) is 5.82 Å². The van der Waals surface area contributed by atoms with E-state index < -0.39 is 29.7 Å². The molecular formula is C45H55F2I2N6O3PS2. The summed E-state index contributed by atoms with van der Waals surface area (Å²) in [4.78, 5) is 35.7. The third-order valence-electron chi connectivity index (χ3n) is 12.7. The number of carbonyl (C=O) groups is 1. The minimum atomic E-state index is -0.645. The minimum Gasteiger partial charge on any atom is -0.463 e. The van der Waals surface area contributed by atoms with Gasteiger partial charge in [0, 0.05) is 42.5 Å². The van der Waals surface area contributed by atoms with Crippen molar-refractivity contribution >= 4 is 101 Å². The molecule has 3 aliphatic heterocycles. The Bertz CT molecular complexity index is 2410. The predicted octanol–water partition coefficient (Wildman–Crippen LogP) is 11.6. The van der Waals surface area contributed by atoms with Crippen LogP contribution in [0.25, 0.3) is 32.9 Å². The highest BCUT2D eigenvalue weighted by Gasteiger charge is 2.46. The molecule has 8 rings (SSSR count). The Kier molecular flexibility index (Phi) is 13.6. The molecule has 0 N–H and O–H groups in total. The molecule has 328 valence electrons. The molecule has 2 aromatic carbocycles. The largest absolute Gasteiger partial charge is 0.463 e. The number of rotatable bonds is 8. The van der Waals surface area contributed by atoms with Crippen molar-refractivity contribution in [2.75, 3.05) is 68.2 Å². The number of hydrogen-bond donors (Lipinski definition) is 0. The molecule has 2 saturated heterocycles. The van der Waals surface area contributed by atoms with Crippen LogP contribution in [-0.4, -0.2) is 112 Å². The maximum Gasteiger partial charge on any atom is 0.410 e. The molecule has 2 aromatic heterocycles. The number of halogens is 4. The zero-order valence-electron chi connectivity index (χ0n) is 36.0. The summed E-state index contributed by atoms with van der Waals surface area (Å²) in [5, 5.41) is 4.89. The Hall–Kier alpha value is -1.97. The second kappa shape index (κ2) is 18.1. The van der Waals surface area contributed by atoms with Crippen LogP contribution in [0, 0.1) is 34.1 Å². The Balaban J connectivity index is 1.24. The molecule has 4 aliphatic rings. The lowest BCUT2D eigenvalue weighted by Gasteiger charge is -2.48. The smallest absolute Gasteiger partial charge is 0.410 e. The quantitative estimate of drug-likeness (QED) is 0.0973. The standard InChI is InChI=1S/C45H55F2I2N6O3PS2/c1-8-30-24-55-35(25-54(30)43(56)58-44(3,4)5)28(2)23-34-37-40(51-42(52-41(37)55)57-27-45(16-17-45)26-53-18-10-21-61(6,7)22-19-53)38(47)39(50-34)32-12-9-11-29-13-14-33(46)31(36(29)32)15-20-60-59(48)49/h9,11-14,28,30,35H,8,10,16-19,21-27H2,1-7H3/t28-,30+,35+/m0/s1. The number of benzene rings is 2. The third kappa shape index (κ3) is 9.99. The van der Waals surface area contributed by atoms with Gasteiger partial charge < -0.3 is 24.2 Å². The van der Waals surface area contributed by atoms with Gasteiger partial charge in [-0.2, -0.15) is 9.97 Å². The fourth-order valence-electron chi connectivity index (χ4n) is 9.21. The van der Waals surface area contributed by atoms with Gasteiger partial charge >= 0.3 is 12.1 Å². The van der Waals surface area contributed by atoms with Gasteiger partial charge in [0.05, 0.1) is 37.7 Å². The van der Waals surface area contributed by atoms with Gasteiger partial charge in [-0.3, -0.25) is 0 Å². The van der Waals surface area contributed by atoms with E-state index in [0.29, 0.717) is 60.4 Å². The van der Waals surface area contributed by atoms with Crippen molar-refractivity contribution in [1.29, 1.82) is 0 Å². The maximum absolute atomic E-state index is 17.8. The first-order chi connectivity index (χ1) is 28.9. The number of piperazine rings is 1. The van der Waals surface area contributed by atoms with Gasteiger partial charge in [-0.15, -0.1) is 0 Å². The van der Waals surface area contributed by atoms with E-state index in [9.17, 15) is 4.79 Å². The number of carbonyl (C=O) groups excluding carboxylic acids is 1. The third-order valence-corrected chi connectivity index (χ3v) is 19.9. The lowest BCUT2D eigenvalue weighted by atomic mass is 9.92. The number of nitrogens with zero attached hydrogens (tertiary/aromatic N) is 6. The molecule has 4 aromatic rings. The van der Waals surface area contributed by atoms with Crippen molar-refractivity contribution in [3.8, 4) is 28.4 Å². The van der Waals surface area contributed by atoms with E-state index in [2.05, 4.69) is 91.4 Å². The molecule has 0 radical (unpaired) electrons. The van der Waals surface area contributed by atoms with Crippen LogP contribution in [0.5, 0.6) is 6.01 Å². The fraction of sp³-hybridized carbons (Fsp3) is 0.556. The van der Waals surface area contributed by atoms with E-state index in [-0.39, 0.29) is 52.3 Å². The fourth-order valence-corrected chi connectivity index (χ4v) is 13.4. The molecule has 3 fully saturated rings. The number of ether oxygens (including phenoxy) is 2. The highest BCUT2D eigenvalue weighted by atomic mass is 127. The lowest BCUT2D eigenvalue weighted by Crippen LogP contribution is -2.62. The van der Waals surface area contributed by atoms with Gasteiger partial charge in [-0.25, -0.2) is 28.6 Å².